The summed E-state index contributed by atoms with van der Waals surface area (Å²) < 4.78 is 20.4. The number of aromatic nitrogens is 4. The van der Waals surface area contributed by atoms with Gasteiger partial charge < -0.3 is 15.2 Å². The van der Waals surface area contributed by atoms with Gasteiger partial charge in [0.15, 0.2) is 0 Å². The quantitative estimate of drug-likeness (QED) is 0.723. The first-order chi connectivity index (χ1) is 12.6. The van der Waals surface area contributed by atoms with Crippen LogP contribution in [0.25, 0.3) is 11.4 Å². The van der Waals surface area contributed by atoms with Gasteiger partial charge in [-0.3, -0.25) is 4.79 Å². The van der Waals surface area contributed by atoms with Gasteiger partial charge >= 0.3 is 5.97 Å². The Labute approximate surface area is 161 Å². The molecule has 2 heterocycles. The van der Waals surface area contributed by atoms with E-state index in [-0.39, 0.29) is 29.9 Å². The molecule has 0 radical (unpaired) electrons. The van der Waals surface area contributed by atoms with Crippen LogP contribution < -0.4 is 10.1 Å². The van der Waals surface area contributed by atoms with E-state index in [4.69, 9.17) is 4.74 Å². The molecule has 2 fully saturated rings. The molecule has 0 spiro atoms. The number of rotatable bonds is 4. The number of aliphatic carboxylic acids is 1. The van der Waals surface area contributed by atoms with E-state index >= 15 is 0 Å². The first-order valence-corrected chi connectivity index (χ1v) is 8.77. The smallest absolute Gasteiger partial charge is 0.320 e. The maximum Gasteiger partial charge on any atom is 0.320 e. The average molecular weight is 398 g/mol. The lowest BCUT2D eigenvalue weighted by molar-refractivity contribution is -0.141. The monoisotopic (exact) mass is 397 g/mol. The highest BCUT2D eigenvalue weighted by Crippen LogP contribution is 2.39. The molecule has 146 valence electrons. The molecule has 1 aliphatic heterocycles. The minimum Gasteiger partial charge on any atom is -0.490 e. The Kier molecular flexibility index (Phi) is 5.91. The molecule has 1 saturated carbocycles. The number of tetrazole rings is 1. The Bertz CT molecular complexity index is 791. The summed E-state index contributed by atoms with van der Waals surface area (Å²) in [6.45, 7) is 0.725. The topological polar surface area (TPSA) is 113 Å². The number of fused-ring (bicyclic) bond motifs is 1. The maximum atomic E-state index is 14.3. The Balaban J connectivity index is 0.00000210. The zero-order valence-electron chi connectivity index (χ0n) is 14.5. The van der Waals surface area contributed by atoms with Gasteiger partial charge in [-0.25, -0.2) is 4.39 Å². The largest absolute Gasteiger partial charge is 0.490 e. The molecule has 10 heteroatoms. The Morgan fingerprint density at radius 3 is 2.85 bits per heavy atom. The number of hydrogen-bond donors (Lipinski definition) is 3. The van der Waals surface area contributed by atoms with Crippen molar-refractivity contribution in [3.8, 4) is 17.1 Å². The number of halogens is 2. The van der Waals surface area contributed by atoms with Crippen LogP contribution in [0, 0.1) is 17.7 Å². The average Bonchev–Trinajstić information content (AvgIpc) is 3.15. The maximum absolute atomic E-state index is 14.3. The fraction of sp³-hybridized carbons (Fsp3) is 0.529. The lowest BCUT2D eigenvalue weighted by Gasteiger charge is -2.41. The number of H-pyrrole nitrogens is 1. The molecule has 0 unspecified atom stereocenters. The summed E-state index contributed by atoms with van der Waals surface area (Å²) >= 11 is 0. The Morgan fingerprint density at radius 2 is 2.11 bits per heavy atom. The second-order valence-corrected chi connectivity index (χ2v) is 6.96. The van der Waals surface area contributed by atoms with Crippen LogP contribution in [0.3, 0.4) is 0 Å². The van der Waals surface area contributed by atoms with Gasteiger partial charge in [-0.2, -0.15) is 5.21 Å². The van der Waals surface area contributed by atoms with Crippen LogP contribution in [0.4, 0.5) is 4.39 Å². The summed E-state index contributed by atoms with van der Waals surface area (Å²) in [6.07, 6.45) is 3.08. The van der Waals surface area contributed by atoms with Gasteiger partial charge in [0.1, 0.15) is 23.2 Å². The molecular weight excluding hydrogens is 377 g/mol. The minimum absolute atomic E-state index is 0. The van der Waals surface area contributed by atoms with Crippen molar-refractivity contribution in [1.29, 1.82) is 0 Å². The van der Waals surface area contributed by atoms with E-state index in [9.17, 15) is 14.3 Å². The normalized spacial score (nSPS) is 27.3. The number of carboxylic acids is 1. The molecule has 1 saturated heterocycles. The van der Waals surface area contributed by atoms with Gasteiger partial charge in [-0.1, -0.05) is 6.07 Å². The molecule has 2 aromatic rings. The first kappa shape index (κ1) is 19.5. The summed E-state index contributed by atoms with van der Waals surface area (Å²) in [6, 6.07) is 4.12. The second kappa shape index (κ2) is 8.18. The third-order valence-electron chi connectivity index (χ3n) is 5.39. The highest BCUT2D eigenvalue weighted by molar-refractivity contribution is 5.85. The van der Waals surface area contributed by atoms with Crippen molar-refractivity contribution >= 4 is 18.4 Å². The number of carboxylic acid groups (broad SMARTS) is 1. The van der Waals surface area contributed by atoms with Crippen LogP contribution >= 0.6 is 12.4 Å². The predicted octanol–water partition coefficient (Wildman–Crippen LogP) is 2.04. The highest BCUT2D eigenvalue weighted by atomic mass is 35.5. The standard InChI is InChI=1S/C17H20FN5O3.ClH/c18-12-2-1-3-14(15(12)16-20-22-23-21-16)26-11-5-4-9-8-19-13(17(24)25)7-10(9)6-11;/h1-3,9-11,13,19H,4-8H2,(H,24,25)(H,20,21,22,23);1H/t9-,10+,11-,13-;/m0./s1. The molecule has 0 amide bonds. The molecule has 1 aliphatic carbocycles. The summed E-state index contributed by atoms with van der Waals surface area (Å²) in [5.74, 6) is 0.0208. The molecule has 1 aromatic heterocycles. The first-order valence-electron chi connectivity index (χ1n) is 8.77. The van der Waals surface area contributed by atoms with E-state index in [1.807, 2.05) is 0 Å². The molecule has 4 atom stereocenters. The van der Waals surface area contributed by atoms with Crippen LogP contribution in [0.2, 0.25) is 0 Å². The summed E-state index contributed by atoms with van der Waals surface area (Å²) in [7, 11) is 0. The minimum atomic E-state index is -0.809. The van der Waals surface area contributed by atoms with Gasteiger partial charge in [0.2, 0.25) is 5.82 Å². The Morgan fingerprint density at radius 1 is 1.26 bits per heavy atom. The van der Waals surface area contributed by atoms with Crippen molar-refractivity contribution < 1.29 is 19.0 Å². The molecule has 4 rings (SSSR count). The fourth-order valence-electron chi connectivity index (χ4n) is 4.08. The van der Waals surface area contributed by atoms with Crippen molar-refractivity contribution in [2.24, 2.45) is 11.8 Å². The number of ether oxygens (including phenoxy) is 1. The van der Waals surface area contributed by atoms with E-state index in [0.29, 0.717) is 24.0 Å². The van der Waals surface area contributed by atoms with Gasteiger partial charge in [0, 0.05) is 0 Å². The number of aromatic amines is 1. The summed E-state index contributed by atoms with van der Waals surface area (Å²) in [5.41, 5.74) is 0.192. The number of nitrogens with one attached hydrogen (secondary N) is 2. The highest BCUT2D eigenvalue weighted by Gasteiger charge is 2.38. The fourth-order valence-corrected chi connectivity index (χ4v) is 4.08. The molecule has 2 aliphatic rings. The molecule has 0 bridgehead atoms. The zero-order valence-corrected chi connectivity index (χ0v) is 15.3. The van der Waals surface area contributed by atoms with Crippen molar-refractivity contribution in [1.82, 2.24) is 25.9 Å². The second-order valence-electron chi connectivity index (χ2n) is 6.96. The van der Waals surface area contributed by atoms with Crippen molar-refractivity contribution in [2.45, 2.75) is 37.8 Å². The van der Waals surface area contributed by atoms with Crippen LogP contribution in [0.1, 0.15) is 25.7 Å². The zero-order chi connectivity index (χ0) is 18.1. The predicted molar refractivity (Wildman–Crippen MR) is 96.1 cm³/mol. The third kappa shape index (κ3) is 4.03. The summed E-state index contributed by atoms with van der Waals surface area (Å²) in [4.78, 5) is 11.3. The van der Waals surface area contributed by atoms with Crippen LogP contribution in [-0.4, -0.2) is 50.4 Å². The van der Waals surface area contributed by atoms with E-state index < -0.39 is 17.8 Å². The lowest BCUT2D eigenvalue weighted by atomic mass is 9.72. The van der Waals surface area contributed by atoms with Crippen molar-refractivity contribution in [2.75, 3.05) is 6.54 Å². The Hall–Kier alpha value is -2.26. The van der Waals surface area contributed by atoms with E-state index in [1.165, 1.54) is 6.07 Å². The number of benzene rings is 1. The van der Waals surface area contributed by atoms with Gasteiger partial charge in [0.25, 0.3) is 0 Å². The van der Waals surface area contributed by atoms with Gasteiger partial charge in [-0.05, 0) is 61.4 Å². The third-order valence-corrected chi connectivity index (χ3v) is 5.39. The molecule has 1 aromatic carbocycles. The number of carbonyl (C=O) groups is 1. The van der Waals surface area contributed by atoms with Crippen molar-refractivity contribution in [3.05, 3.63) is 24.0 Å². The van der Waals surface area contributed by atoms with Crippen LogP contribution in [0.5, 0.6) is 5.75 Å². The molecular formula is C17H21ClFN5O3. The van der Waals surface area contributed by atoms with E-state index in [0.717, 1.165) is 25.8 Å². The SMILES string of the molecule is Cl.O=C(O)[C@@H]1C[C@H]2C[C@@H](Oc3cccc(F)c3-c3nn[nH]n3)CC[C@H]2CN1. The summed E-state index contributed by atoms with van der Waals surface area (Å²) in [5, 5.41) is 25.9. The number of piperidine rings is 1. The van der Waals surface area contributed by atoms with Gasteiger partial charge in [-0.15, -0.1) is 22.6 Å². The van der Waals surface area contributed by atoms with Crippen LogP contribution in [-0.2, 0) is 4.79 Å². The number of hydrogen-bond acceptors (Lipinski definition) is 6. The van der Waals surface area contributed by atoms with Crippen molar-refractivity contribution in [3.63, 3.8) is 0 Å². The van der Waals surface area contributed by atoms with Gasteiger partial charge in [0.05, 0.1) is 6.10 Å². The number of nitrogens with zero attached hydrogens (tertiary/aromatic N) is 3. The lowest BCUT2D eigenvalue weighted by Crippen LogP contribution is -2.50. The molecule has 3 N–H and O–H groups in total. The van der Waals surface area contributed by atoms with E-state index in [1.54, 1.807) is 12.1 Å². The van der Waals surface area contributed by atoms with Crippen LogP contribution in [0.15, 0.2) is 18.2 Å². The molecule has 8 nitrogen and oxygen atoms in total. The molecule has 27 heavy (non-hydrogen) atoms. The van der Waals surface area contributed by atoms with E-state index in [2.05, 4.69) is 25.9 Å².